The molecule has 6 nitrogen and oxygen atoms in total. The zero-order valence-corrected chi connectivity index (χ0v) is 10.7. The number of piperidine rings is 1. The number of sulfonamides is 1. The molecule has 17 heavy (non-hydrogen) atoms. The van der Waals surface area contributed by atoms with Gasteiger partial charge in [-0.05, 0) is 19.8 Å². The highest BCUT2D eigenvalue weighted by atomic mass is 32.2. The van der Waals surface area contributed by atoms with Gasteiger partial charge in [0.2, 0.25) is 10.0 Å². The van der Waals surface area contributed by atoms with Gasteiger partial charge in [0.05, 0.1) is 19.1 Å². The first-order chi connectivity index (χ1) is 7.93. The molecule has 1 fully saturated rings. The number of ether oxygens (including phenoxy) is 1. The number of esters is 1. The van der Waals surface area contributed by atoms with Crippen LogP contribution in [0.3, 0.4) is 0 Å². The molecule has 0 aliphatic carbocycles. The zero-order chi connectivity index (χ0) is 13.1. The minimum Gasteiger partial charge on any atom is -0.469 e. The van der Waals surface area contributed by atoms with Crippen LogP contribution in [0.4, 0.5) is 0 Å². The van der Waals surface area contributed by atoms with Crippen molar-refractivity contribution in [3.05, 3.63) is 0 Å². The fraction of sp³-hybridized carbons (Fsp3) is 0.800. The Kier molecular flexibility index (Phi) is 4.48. The molecule has 0 aromatic carbocycles. The molecule has 1 saturated heterocycles. The molecule has 0 aromatic heterocycles. The summed E-state index contributed by atoms with van der Waals surface area (Å²) in [4.78, 5) is 11.4. The Balaban J connectivity index is 2.81. The van der Waals surface area contributed by atoms with Crippen molar-refractivity contribution in [2.75, 3.05) is 20.2 Å². The smallest absolute Gasteiger partial charge is 0.309 e. The number of rotatable bonds is 3. The Hall–Kier alpha value is -1.13. The third-order valence-electron chi connectivity index (χ3n) is 2.91. The maximum absolute atomic E-state index is 11.9. The van der Waals surface area contributed by atoms with Gasteiger partial charge in [-0.1, -0.05) is 0 Å². The van der Waals surface area contributed by atoms with E-state index in [1.807, 2.05) is 0 Å². The van der Waals surface area contributed by atoms with Gasteiger partial charge >= 0.3 is 5.97 Å². The molecule has 1 heterocycles. The van der Waals surface area contributed by atoms with Gasteiger partial charge in [0.25, 0.3) is 0 Å². The van der Waals surface area contributed by atoms with E-state index in [1.165, 1.54) is 18.3 Å². The second-order valence-corrected chi connectivity index (χ2v) is 6.29. The van der Waals surface area contributed by atoms with E-state index in [-0.39, 0.29) is 6.54 Å². The molecule has 2 atom stereocenters. The Bertz CT molecular complexity index is 426. The van der Waals surface area contributed by atoms with Crippen molar-refractivity contribution in [1.82, 2.24) is 4.31 Å². The largest absolute Gasteiger partial charge is 0.469 e. The topological polar surface area (TPSA) is 87.5 Å². The molecule has 0 N–H and O–H groups in total. The normalized spacial score (nSPS) is 23.7. The molecule has 0 spiro atoms. The number of nitriles is 1. The monoisotopic (exact) mass is 260 g/mol. The maximum atomic E-state index is 11.9. The lowest BCUT2D eigenvalue weighted by Gasteiger charge is -2.31. The van der Waals surface area contributed by atoms with E-state index in [2.05, 4.69) is 4.74 Å². The van der Waals surface area contributed by atoms with E-state index in [0.717, 1.165) is 0 Å². The van der Waals surface area contributed by atoms with Crippen LogP contribution in [0.5, 0.6) is 0 Å². The van der Waals surface area contributed by atoms with Crippen molar-refractivity contribution in [3.63, 3.8) is 0 Å². The molecule has 0 amide bonds. The second kappa shape index (κ2) is 5.47. The van der Waals surface area contributed by atoms with Crippen LogP contribution < -0.4 is 0 Å². The average molecular weight is 260 g/mol. The summed E-state index contributed by atoms with van der Waals surface area (Å²) in [6.07, 6.45) is 1.23. The third kappa shape index (κ3) is 2.96. The van der Waals surface area contributed by atoms with E-state index < -0.39 is 27.2 Å². The van der Waals surface area contributed by atoms with Crippen LogP contribution in [0, 0.1) is 17.2 Å². The molecule has 1 rings (SSSR count). The maximum Gasteiger partial charge on any atom is 0.309 e. The SMILES string of the molecule is COC(=O)C1CCCN(S(=O)(=O)C(C)C#N)C1. The summed E-state index contributed by atoms with van der Waals surface area (Å²) in [6.45, 7) is 1.82. The van der Waals surface area contributed by atoms with E-state index in [9.17, 15) is 13.2 Å². The Morgan fingerprint density at radius 2 is 2.24 bits per heavy atom. The van der Waals surface area contributed by atoms with Crippen LogP contribution in [0.25, 0.3) is 0 Å². The van der Waals surface area contributed by atoms with Crippen LogP contribution in [0.2, 0.25) is 0 Å². The minimum absolute atomic E-state index is 0.112. The third-order valence-corrected chi connectivity index (χ3v) is 4.96. The Morgan fingerprint density at radius 3 is 2.76 bits per heavy atom. The van der Waals surface area contributed by atoms with Crippen LogP contribution in [0.1, 0.15) is 19.8 Å². The van der Waals surface area contributed by atoms with Crippen LogP contribution in [-0.4, -0.2) is 44.1 Å². The lowest BCUT2D eigenvalue weighted by atomic mass is 10.0. The standard InChI is InChI=1S/C10H16N2O4S/c1-8(6-11)17(14,15)12-5-3-4-9(7-12)10(13)16-2/h8-9H,3-5,7H2,1-2H3. The molecular weight excluding hydrogens is 244 g/mol. The average Bonchev–Trinajstić information content (AvgIpc) is 2.36. The van der Waals surface area contributed by atoms with Gasteiger partial charge in [-0.15, -0.1) is 0 Å². The van der Waals surface area contributed by atoms with E-state index in [4.69, 9.17) is 5.26 Å². The molecule has 96 valence electrons. The fourth-order valence-electron chi connectivity index (χ4n) is 1.82. The van der Waals surface area contributed by atoms with E-state index in [0.29, 0.717) is 19.4 Å². The number of nitrogens with zero attached hydrogens (tertiary/aromatic N) is 2. The number of carbonyl (C=O) groups excluding carboxylic acids is 1. The lowest BCUT2D eigenvalue weighted by Crippen LogP contribution is -2.45. The molecule has 0 radical (unpaired) electrons. The van der Waals surface area contributed by atoms with E-state index >= 15 is 0 Å². The molecule has 1 aliphatic rings. The second-order valence-electron chi connectivity index (χ2n) is 4.04. The van der Waals surface area contributed by atoms with Gasteiger partial charge in [-0.25, -0.2) is 8.42 Å². The summed E-state index contributed by atoms with van der Waals surface area (Å²) < 4.78 is 29.7. The summed E-state index contributed by atoms with van der Waals surface area (Å²) in [5.74, 6) is -0.816. The number of hydrogen-bond acceptors (Lipinski definition) is 5. The van der Waals surface area contributed by atoms with Crippen molar-refractivity contribution in [1.29, 1.82) is 5.26 Å². The van der Waals surface area contributed by atoms with Gasteiger partial charge in [0, 0.05) is 13.1 Å². The van der Waals surface area contributed by atoms with Crippen LogP contribution >= 0.6 is 0 Å². The Morgan fingerprint density at radius 1 is 1.59 bits per heavy atom. The highest BCUT2D eigenvalue weighted by molar-refractivity contribution is 7.89. The first kappa shape index (κ1) is 13.9. The molecule has 1 aliphatic heterocycles. The van der Waals surface area contributed by atoms with Crippen LogP contribution in [-0.2, 0) is 19.6 Å². The quantitative estimate of drug-likeness (QED) is 0.672. The predicted molar refractivity (Wildman–Crippen MR) is 60.3 cm³/mol. The highest BCUT2D eigenvalue weighted by Gasteiger charge is 2.35. The van der Waals surface area contributed by atoms with E-state index in [1.54, 1.807) is 6.07 Å². The molecular formula is C10H16N2O4S. The van der Waals surface area contributed by atoms with Crippen molar-refractivity contribution in [3.8, 4) is 6.07 Å². The first-order valence-corrected chi connectivity index (χ1v) is 6.90. The molecule has 0 saturated carbocycles. The molecule has 0 aromatic rings. The van der Waals surface area contributed by atoms with Crippen molar-refractivity contribution in [2.24, 2.45) is 5.92 Å². The van der Waals surface area contributed by atoms with Gasteiger partial charge in [0.1, 0.15) is 0 Å². The summed E-state index contributed by atoms with van der Waals surface area (Å²) >= 11 is 0. The summed E-state index contributed by atoms with van der Waals surface area (Å²) in [6, 6.07) is 1.71. The van der Waals surface area contributed by atoms with Gasteiger partial charge < -0.3 is 4.74 Å². The minimum atomic E-state index is -3.62. The van der Waals surface area contributed by atoms with Gasteiger partial charge in [-0.2, -0.15) is 9.57 Å². The number of methoxy groups -OCH3 is 1. The number of hydrogen-bond donors (Lipinski definition) is 0. The van der Waals surface area contributed by atoms with Crippen molar-refractivity contribution in [2.45, 2.75) is 25.0 Å². The van der Waals surface area contributed by atoms with Gasteiger partial charge in [0.15, 0.2) is 5.25 Å². The summed E-state index contributed by atoms with van der Waals surface area (Å²) in [5.41, 5.74) is 0. The van der Waals surface area contributed by atoms with Gasteiger partial charge in [-0.3, -0.25) is 4.79 Å². The predicted octanol–water partition coefficient (Wildman–Crippen LogP) is 0.113. The first-order valence-electron chi connectivity index (χ1n) is 5.40. The summed E-state index contributed by atoms with van der Waals surface area (Å²) in [5, 5.41) is 7.59. The molecule has 0 bridgehead atoms. The zero-order valence-electron chi connectivity index (χ0n) is 9.92. The Labute approximate surface area is 101 Å². The van der Waals surface area contributed by atoms with Crippen molar-refractivity contribution < 1.29 is 17.9 Å². The van der Waals surface area contributed by atoms with Crippen LogP contribution in [0.15, 0.2) is 0 Å². The lowest BCUT2D eigenvalue weighted by molar-refractivity contribution is -0.146. The fourth-order valence-corrected chi connectivity index (χ4v) is 3.17. The molecule has 7 heteroatoms. The molecule has 2 unspecified atom stereocenters. The van der Waals surface area contributed by atoms with Crippen molar-refractivity contribution >= 4 is 16.0 Å². The summed E-state index contributed by atoms with van der Waals surface area (Å²) in [7, 11) is -2.34. The highest BCUT2D eigenvalue weighted by Crippen LogP contribution is 2.22. The number of carbonyl (C=O) groups is 1.